The molecule has 0 heterocycles. The van der Waals surface area contributed by atoms with Gasteiger partial charge in [-0.05, 0) is 61.8 Å². The van der Waals surface area contributed by atoms with Crippen molar-refractivity contribution in [2.75, 3.05) is 14.2 Å². The van der Waals surface area contributed by atoms with Crippen molar-refractivity contribution in [1.29, 1.82) is 0 Å². The standard InChI is InChI=1S/C14H24O2Si/c1-15-17(16-2,13-9-5-3-6-10-13)14-11-7-4-8-12-14/h9,11H,3-8,10,12H2,1-2H3. The summed E-state index contributed by atoms with van der Waals surface area (Å²) in [6, 6.07) is 0. The van der Waals surface area contributed by atoms with E-state index < -0.39 is 8.56 Å². The van der Waals surface area contributed by atoms with E-state index in [2.05, 4.69) is 12.2 Å². The van der Waals surface area contributed by atoms with Crippen LogP contribution in [-0.2, 0) is 8.85 Å². The van der Waals surface area contributed by atoms with E-state index in [9.17, 15) is 0 Å². The van der Waals surface area contributed by atoms with Crippen LogP contribution < -0.4 is 0 Å². The molecule has 0 aromatic carbocycles. The molecular weight excluding hydrogens is 228 g/mol. The van der Waals surface area contributed by atoms with Gasteiger partial charge in [0, 0.05) is 14.2 Å². The van der Waals surface area contributed by atoms with E-state index in [1.54, 1.807) is 0 Å². The van der Waals surface area contributed by atoms with Crippen molar-refractivity contribution in [2.45, 2.75) is 51.4 Å². The summed E-state index contributed by atoms with van der Waals surface area (Å²) in [4.78, 5) is 0. The Kier molecular flexibility index (Phi) is 4.60. The maximum Gasteiger partial charge on any atom is 0.397 e. The van der Waals surface area contributed by atoms with Gasteiger partial charge in [0.15, 0.2) is 0 Å². The molecule has 0 spiro atoms. The molecule has 2 nitrogen and oxygen atoms in total. The molecule has 0 radical (unpaired) electrons. The fraction of sp³-hybridized carbons (Fsp3) is 0.714. The van der Waals surface area contributed by atoms with Crippen molar-refractivity contribution in [1.82, 2.24) is 0 Å². The summed E-state index contributed by atoms with van der Waals surface area (Å²) >= 11 is 0. The first-order chi connectivity index (χ1) is 8.33. The summed E-state index contributed by atoms with van der Waals surface area (Å²) in [6.07, 6.45) is 14.7. The average Bonchev–Trinajstić information content (AvgIpc) is 2.43. The van der Waals surface area contributed by atoms with Gasteiger partial charge in [0.2, 0.25) is 0 Å². The molecule has 2 rings (SSSR count). The number of allylic oxidation sites excluding steroid dienone is 4. The Morgan fingerprint density at radius 1 is 0.824 bits per heavy atom. The van der Waals surface area contributed by atoms with Crippen LogP contribution in [0.4, 0.5) is 0 Å². The van der Waals surface area contributed by atoms with E-state index in [0.29, 0.717) is 0 Å². The number of rotatable bonds is 4. The maximum atomic E-state index is 5.95. The highest BCUT2D eigenvalue weighted by molar-refractivity contribution is 6.81. The van der Waals surface area contributed by atoms with Gasteiger partial charge in [-0.1, -0.05) is 12.2 Å². The molecule has 2 aliphatic rings. The van der Waals surface area contributed by atoms with Gasteiger partial charge >= 0.3 is 8.56 Å². The van der Waals surface area contributed by atoms with E-state index in [4.69, 9.17) is 8.85 Å². The van der Waals surface area contributed by atoms with Gasteiger partial charge in [0.1, 0.15) is 0 Å². The van der Waals surface area contributed by atoms with Crippen LogP contribution in [0.15, 0.2) is 22.5 Å². The van der Waals surface area contributed by atoms with Crippen LogP contribution in [0.5, 0.6) is 0 Å². The summed E-state index contributed by atoms with van der Waals surface area (Å²) in [6.45, 7) is 0. The van der Waals surface area contributed by atoms with Gasteiger partial charge < -0.3 is 8.85 Å². The molecule has 0 saturated heterocycles. The molecular formula is C14H24O2Si. The maximum absolute atomic E-state index is 5.95. The first kappa shape index (κ1) is 13.1. The quantitative estimate of drug-likeness (QED) is 0.709. The molecule has 17 heavy (non-hydrogen) atoms. The van der Waals surface area contributed by atoms with Crippen molar-refractivity contribution in [3.05, 3.63) is 22.5 Å². The fourth-order valence-corrected chi connectivity index (χ4v) is 6.55. The largest absolute Gasteiger partial charge is 0.397 e. The van der Waals surface area contributed by atoms with Gasteiger partial charge in [0.05, 0.1) is 0 Å². The Morgan fingerprint density at radius 3 is 1.59 bits per heavy atom. The minimum atomic E-state index is -2.22. The molecule has 0 amide bonds. The van der Waals surface area contributed by atoms with Gasteiger partial charge in [-0.15, -0.1) is 0 Å². The third-order valence-corrected chi connectivity index (χ3v) is 7.75. The normalized spacial score (nSPS) is 22.0. The van der Waals surface area contributed by atoms with Crippen LogP contribution in [0.25, 0.3) is 0 Å². The lowest BCUT2D eigenvalue weighted by molar-refractivity contribution is 0.257. The van der Waals surface area contributed by atoms with Crippen molar-refractivity contribution < 1.29 is 8.85 Å². The van der Waals surface area contributed by atoms with Gasteiger partial charge in [0.25, 0.3) is 0 Å². The van der Waals surface area contributed by atoms with Gasteiger partial charge in [-0.3, -0.25) is 0 Å². The van der Waals surface area contributed by atoms with Gasteiger partial charge in [-0.2, -0.15) is 0 Å². The second-order valence-electron chi connectivity index (χ2n) is 4.98. The zero-order chi connectivity index (χ0) is 12.1. The SMILES string of the molecule is CO[Si](OC)(C1=CCCCC1)C1=CCCCC1. The third-order valence-electron chi connectivity index (χ3n) is 4.00. The van der Waals surface area contributed by atoms with Crippen molar-refractivity contribution >= 4 is 8.56 Å². The smallest absolute Gasteiger partial charge is 0.391 e. The Balaban J connectivity index is 2.30. The third kappa shape index (κ3) is 2.56. The second kappa shape index (κ2) is 5.98. The molecule has 3 heteroatoms. The number of hydrogen-bond acceptors (Lipinski definition) is 2. The molecule has 0 aromatic rings. The summed E-state index contributed by atoms with van der Waals surface area (Å²) in [7, 11) is 1.45. The summed E-state index contributed by atoms with van der Waals surface area (Å²) in [5.74, 6) is 0. The van der Waals surface area contributed by atoms with E-state index in [1.807, 2.05) is 14.2 Å². The molecule has 0 atom stereocenters. The zero-order valence-electron chi connectivity index (χ0n) is 11.1. The van der Waals surface area contributed by atoms with E-state index >= 15 is 0 Å². The fourth-order valence-electron chi connectivity index (χ4n) is 3.09. The molecule has 0 saturated carbocycles. The summed E-state index contributed by atoms with van der Waals surface area (Å²) < 4.78 is 11.9. The topological polar surface area (TPSA) is 18.5 Å². The molecule has 2 aliphatic carbocycles. The van der Waals surface area contributed by atoms with Crippen LogP contribution in [0.3, 0.4) is 0 Å². The second-order valence-corrected chi connectivity index (χ2v) is 8.31. The van der Waals surface area contributed by atoms with E-state index in [0.717, 1.165) is 0 Å². The highest BCUT2D eigenvalue weighted by atomic mass is 28.4. The Labute approximate surface area is 106 Å². The Morgan fingerprint density at radius 2 is 1.29 bits per heavy atom. The zero-order valence-corrected chi connectivity index (χ0v) is 12.1. The van der Waals surface area contributed by atoms with Crippen LogP contribution in [0.1, 0.15) is 51.4 Å². The summed E-state index contributed by atoms with van der Waals surface area (Å²) in [5.41, 5.74) is 0. The lowest BCUT2D eigenvalue weighted by Gasteiger charge is -2.35. The predicted octanol–water partition coefficient (Wildman–Crippen LogP) is 3.80. The van der Waals surface area contributed by atoms with Crippen molar-refractivity contribution in [3.8, 4) is 0 Å². The number of hydrogen-bond donors (Lipinski definition) is 0. The predicted molar refractivity (Wildman–Crippen MR) is 72.9 cm³/mol. The van der Waals surface area contributed by atoms with Crippen LogP contribution in [-0.4, -0.2) is 22.8 Å². The van der Waals surface area contributed by atoms with Crippen LogP contribution in [0, 0.1) is 0 Å². The highest BCUT2D eigenvalue weighted by Crippen LogP contribution is 2.36. The molecule has 0 aliphatic heterocycles. The molecule has 0 bridgehead atoms. The van der Waals surface area contributed by atoms with Crippen molar-refractivity contribution in [3.63, 3.8) is 0 Å². The monoisotopic (exact) mass is 252 g/mol. The minimum absolute atomic E-state index is 1.17. The van der Waals surface area contributed by atoms with E-state index in [1.165, 1.54) is 61.8 Å². The lowest BCUT2D eigenvalue weighted by Crippen LogP contribution is -2.46. The van der Waals surface area contributed by atoms with Crippen molar-refractivity contribution in [2.24, 2.45) is 0 Å². The summed E-state index contributed by atoms with van der Waals surface area (Å²) in [5, 5.41) is 2.95. The Hall–Kier alpha value is -0.383. The first-order valence-electron chi connectivity index (χ1n) is 6.83. The van der Waals surface area contributed by atoms with Gasteiger partial charge in [-0.25, -0.2) is 0 Å². The van der Waals surface area contributed by atoms with Crippen LogP contribution in [0.2, 0.25) is 0 Å². The lowest BCUT2D eigenvalue weighted by atomic mass is 10.1. The molecule has 96 valence electrons. The van der Waals surface area contributed by atoms with Crippen LogP contribution >= 0.6 is 0 Å². The molecule has 0 aromatic heterocycles. The average molecular weight is 252 g/mol. The molecule has 0 unspecified atom stereocenters. The van der Waals surface area contributed by atoms with E-state index in [-0.39, 0.29) is 0 Å². The molecule has 0 N–H and O–H groups in total. The minimum Gasteiger partial charge on any atom is -0.391 e. The highest BCUT2D eigenvalue weighted by Gasteiger charge is 2.44. The first-order valence-corrected chi connectivity index (χ1v) is 8.64. The molecule has 0 fully saturated rings. The Bertz CT molecular complexity index is 288.